The molecule has 4 aromatic rings. The summed E-state index contributed by atoms with van der Waals surface area (Å²) in [7, 11) is -4.31. The quantitative estimate of drug-likeness (QED) is 0.258. The third-order valence-corrected chi connectivity index (χ3v) is 6.21. The zero-order valence-corrected chi connectivity index (χ0v) is 18.9. The van der Waals surface area contributed by atoms with Gasteiger partial charge in [0.1, 0.15) is 12.4 Å². The van der Waals surface area contributed by atoms with Gasteiger partial charge in [0.05, 0.1) is 21.5 Å². The normalized spacial score (nSPS) is 11.3. The first-order valence-corrected chi connectivity index (χ1v) is 11.7. The summed E-state index contributed by atoms with van der Waals surface area (Å²) in [5, 5.41) is 20.2. The number of carboxylic acid groups (broad SMARTS) is 1. The molecule has 0 unspecified atom stereocenters. The predicted molar refractivity (Wildman–Crippen MR) is 125 cm³/mol. The van der Waals surface area contributed by atoms with E-state index in [1.165, 1.54) is 54.7 Å². The largest absolute Gasteiger partial charge is 0.507 e. The molecule has 0 bridgehead atoms. The molecule has 3 N–H and O–H groups in total. The Kier molecular flexibility index (Phi) is 6.50. The van der Waals surface area contributed by atoms with Crippen molar-refractivity contribution in [3.63, 3.8) is 0 Å². The Hall–Kier alpha value is -4.28. The maximum absolute atomic E-state index is 12.6. The van der Waals surface area contributed by atoms with Crippen molar-refractivity contribution in [2.75, 3.05) is 0 Å². The van der Waals surface area contributed by atoms with Crippen LogP contribution >= 0.6 is 0 Å². The van der Waals surface area contributed by atoms with Gasteiger partial charge in [-0.25, -0.2) is 9.59 Å². The van der Waals surface area contributed by atoms with Crippen molar-refractivity contribution in [2.24, 2.45) is 0 Å². The van der Waals surface area contributed by atoms with Gasteiger partial charge in [-0.1, -0.05) is 24.3 Å². The molecule has 0 amide bonds. The molecule has 10 heteroatoms. The van der Waals surface area contributed by atoms with Gasteiger partial charge < -0.3 is 14.9 Å². The highest BCUT2D eigenvalue weighted by Gasteiger charge is 2.14. The smallest absolute Gasteiger partial charge is 0.338 e. The molecular weight excluding hydrogens is 474 g/mol. The minimum Gasteiger partial charge on any atom is -0.507 e. The van der Waals surface area contributed by atoms with Crippen molar-refractivity contribution in [3.05, 3.63) is 101 Å². The molecule has 9 nitrogen and oxygen atoms in total. The average Bonchev–Trinajstić information content (AvgIpc) is 2.84. The molecule has 3 aromatic carbocycles. The molecule has 0 saturated carbocycles. The number of ether oxygens (including phenoxy) is 1. The van der Waals surface area contributed by atoms with E-state index in [1.807, 2.05) is 0 Å². The zero-order chi connectivity index (χ0) is 25.2. The van der Waals surface area contributed by atoms with Crippen LogP contribution in [0.1, 0.15) is 37.4 Å². The number of aromatic nitrogens is 1. The minimum absolute atomic E-state index is 0.0484. The number of hydrogen-bond donors (Lipinski definition) is 3. The van der Waals surface area contributed by atoms with Gasteiger partial charge in [0.2, 0.25) is 0 Å². The van der Waals surface area contributed by atoms with E-state index in [0.717, 1.165) is 5.56 Å². The molecule has 0 fully saturated rings. The van der Waals surface area contributed by atoms with Gasteiger partial charge in [-0.3, -0.25) is 9.54 Å². The summed E-state index contributed by atoms with van der Waals surface area (Å²) in [6.07, 6.45) is 1.83. The second-order valence-corrected chi connectivity index (χ2v) is 9.16. The fraction of sp³-hybridized carbons (Fsp3) is 0.0800. The Morgan fingerprint density at radius 2 is 1.51 bits per heavy atom. The lowest BCUT2D eigenvalue weighted by atomic mass is 10.0. The summed E-state index contributed by atoms with van der Waals surface area (Å²) in [5.74, 6) is -1.73. The molecule has 35 heavy (non-hydrogen) atoms. The zero-order valence-electron chi connectivity index (χ0n) is 18.1. The van der Waals surface area contributed by atoms with Crippen LogP contribution < -0.4 is 0 Å². The van der Waals surface area contributed by atoms with Crippen molar-refractivity contribution in [3.8, 4) is 5.75 Å². The molecule has 0 saturated heterocycles. The third kappa shape index (κ3) is 5.45. The Morgan fingerprint density at radius 3 is 2.14 bits per heavy atom. The molecule has 0 atom stereocenters. The lowest BCUT2D eigenvalue weighted by molar-refractivity contribution is 0.0472. The Balaban J connectivity index is 1.51. The maximum Gasteiger partial charge on any atom is 0.338 e. The van der Waals surface area contributed by atoms with E-state index in [-0.39, 0.29) is 28.4 Å². The molecule has 0 radical (unpaired) electrons. The fourth-order valence-electron chi connectivity index (χ4n) is 3.45. The number of pyridine rings is 1. The lowest BCUT2D eigenvalue weighted by Crippen LogP contribution is -2.06. The van der Waals surface area contributed by atoms with E-state index in [9.17, 15) is 23.1 Å². The summed E-state index contributed by atoms with van der Waals surface area (Å²) in [4.78, 5) is 27.6. The lowest BCUT2D eigenvalue weighted by Gasteiger charge is -2.10. The number of nitrogens with zero attached hydrogens (tertiary/aromatic N) is 1. The molecule has 4 rings (SSSR count). The molecule has 0 aliphatic carbocycles. The van der Waals surface area contributed by atoms with Crippen LogP contribution in [0.5, 0.6) is 5.75 Å². The summed E-state index contributed by atoms with van der Waals surface area (Å²) < 4.78 is 36.5. The van der Waals surface area contributed by atoms with E-state index in [0.29, 0.717) is 28.5 Å². The van der Waals surface area contributed by atoms with Crippen molar-refractivity contribution in [1.29, 1.82) is 0 Å². The van der Waals surface area contributed by atoms with Crippen LogP contribution in [0.4, 0.5) is 0 Å². The minimum atomic E-state index is -4.31. The maximum atomic E-state index is 12.6. The molecule has 178 valence electrons. The van der Waals surface area contributed by atoms with E-state index in [4.69, 9.17) is 14.4 Å². The number of fused-ring (bicyclic) bond motifs is 1. The third-order valence-electron chi connectivity index (χ3n) is 5.34. The molecule has 1 heterocycles. The number of hydrogen-bond acceptors (Lipinski definition) is 7. The number of esters is 1. The van der Waals surface area contributed by atoms with Crippen molar-refractivity contribution < 1.29 is 37.5 Å². The SMILES string of the molecule is O=C(O)c1ccc(Cc2cnc3ccc(C(=O)OCc4ccc(S(=O)(=O)O)cc4)cc3c2O)cc1. The molecule has 0 aliphatic rings. The number of carbonyl (C=O) groups is 2. The summed E-state index contributed by atoms with van der Waals surface area (Å²) in [6, 6.07) is 16.1. The number of aromatic hydroxyl groups is 1. The van der Waals surface area contributed by atoms with E-state index in [2.05, 4.69) is 4.98 Å². The van der Waals surface area contributed by atoms with E-state index < -0.39 is 22.1 Å². The molecule has 0 spiro atoms. The van der Waals surface area contributed by atoms with Gasteiger partial charge in [0.25, 0.3) is 10.1 Å². The predicted octanol–water partition coefficient (Wildman–Crippen LogP) is 3.83. The van der Waals surface area contributed by atoms with Gasteiger partial charge in [-0.2, -0.15) is 8.42 Å². The summed E-state index contributed by atoms with van der Waals surface area (Å²) >= 11 is 0. The average molecular weight is 493 g/mol. The summed E-state index contributed by atoms with van der Waals surface area (Å²) in [5.41, 5.74) is 2.63. The highest BCUT2D eigenvalue weighted by atomic mass is 32.2. The second kappa shape index (κ2) is 9.53. The van der Waals surface area contributed by atoms with Gasteiger partial charge >= 0.3 is 11.9 Å². The van der Waals surface area contributed by atoms with E-state index in [1.54, 1.807) is 18.2 Å². The van der Waals surface area contributed by atoms with Crippen LogP contribution in [0.3, 0.4) is 0 Å². The van der Waals surface area contributed by atoms with Crippen LogP contribution in [-0.4, -0.2) is 40.1 Å². The number of carboxylic acids is 1. The van der Waals surface area contributed by atoms with Gasteiger partial charge in [0, 0.05) is 23.6 Å². The van der Waals surface area contributed by atoms with Crippen molar-refractivity contribution >= 4 is 33.0 Å². The number of aromatic carboxylic acids is 1. The summed E-state index contributed by atoms with van der Waals surface area (Å²) in [6.45, 7) is -0.126. The van der Waals surface area contributed by atoms with Crippen LogP contribution in [0.2, 0.25) is 0 Å². The monoisotopic (exact) mass is 493 g/mol. The molecule has 0 aliphatic heterocycles. The molecule has 1 aromatic heterocycles. The Labute approximate surface area is 200 Å². The second-order valence-electron chi connectivity index (χ2n) is 7.74. The highest BCUT2D eigenvalue weighted by molar-refractivity contribution is 7.85. The van der Waals surface area contributed by atoms with Gasteiger partial charge in [0.15, 0.2) is 0 Å². The van der Waals surface area contributed by atoms with Crippen LogP contribution in [0, 0.1) is 0 Å². The first-order valence-electron chi connectivity index (χ1n) is 10.3. The number of rotatable bonds is 7. The first kappa shape index (κ1) is 23.9. The number of carbonyl (C=O) groups excluding carboxylic acids is 1. The fourth-order valence-corrected chi connectivity index (χ4v) is 3.93. The number of benzene rings is 3. The Bertz CT molecular complexity index is 1530. The van der Waals surface area contributed by atoms with Gasteiger partial charge in [-0.05, 0) is 53.6 Å². The van der Waals surface area contributed by atoms with Crippen molar-refractivity contribution in [1.82, 2.24) is 4.98 Å². The van der Waals surface area contributed by atoms with Crippen LogP contribution in [0.15, 0.2) is 77.8 Å². The topological polar surface area (TPSA) is 151 Å². The van der Waals surface area contributed by atoms with Crippen molar-refractivity contribution in [2.45, 2.75) is 17.9 Å². The Morgan fingerprint density at radius 1 is 0.886 bits per heavy atom. The van der Waals surface area contributed by atoms with Crippen LogP contribution in [0.25, 0.3) is 10.9 Å². The van der Waals surface area contributed by atoms with Gasteiger partial charge in [-0.15, -0.1) is 0 Å². The standard InChI is InChI=1S/C25H19NO8S/c27-23-19(11-15-1-5-17(6-2-15)24(28)29)13-26-22-10-7-18(12-21(22)23)25(30)34-14-16-3-8-20(9-4-16)35(31,32)33/h1-10,12-13H,11,14H2,(H,26,27)(H,28,29)(H,31,32,33). The first-order chi connectivity index (χ1) is 16.6. The van der Waals surface area contributed by atoms with E-state index >= 15 is 0 Å². The molecular formula is C25H19NO8S. The highest BCUT2D eigenvalue weighted by Crippen LogP contribution is 2.30. The van der Waals surface area contributed by atoms with Crippen LogP contribution in [-0.2, 0) is 27.9 Å².